The molecular weight excluding hydrogens is 268 g/mol. The average molecular weight is 286 g/mol. The van der Waals surface area contributed by atoms with Crippen molar-refractivity contribution < 1.29 is 18.3 Å². The molecule has 0 aromatic heterocycles. The lowest BCUT2D eigenvalue weighted by Gasteiger charge is -2.28. The Morgan fingerprint density at radius 2 is 2.21 bits per heavy atom. The van der Waals surface area contributed by atoms with Crippen LogP contribution in [-0.4, -0.2) is 58.2 Å². The number of ether oxygens (including phenoxy) is 1. The van der Waals surface area contributed by atoms with E-state index < -0.39 is 10.0 Å². The maximum absolute atomic E-state index is 12.3. The molecule has 1 aliphatic heterocycles. The second-order valence-corrected chi connectivity index (χ2v) is 6.49. The predicted octanol–water partition coefficient (Wildman–Crippen LogP) is 0.128. The summed E-state index contributed by atoms with van der Waals surface area (Å²) in [6.07, 6.45) is 0. The summed E-state index contributed by atoms with van der Waals surface area (Å²) in [5.74, 6) is 0.692. The van der Waals surface area contributed by atoms with Crippen LogP contribution in [0.1, 0.15) is 0 Å². The first-order valence-electron chi connectivity index (χ1n) is 6.02. The highest BCUT2D eigenvalue weighted by atomic mass is 32.2. The van der Waals surface area contributed by atoms with E-state index in [9.17, 15) is 8.42 Å². The van der Waals surface area contributed by atoms with Gasteiger partial charge in [-0.3, -0.25) is 0 Å². The Morgan fingerprint density at radius 3 is 2.89 bits per heavy atom. The van der Waals surface area contributed by atoms with Crippen LogP contribution in [0, 0.1) is 0 Å². The van der Waals surface area contributed by atoms with E-state index in [0.717, 1.165) is 16.5 Å². The molecule has 0 amide bonds. The summed E-state index contributed by atoms with van der Waals surface area (Å²) in [7, 11) is -0.219. The maximum atomic E-state index is 12.3. The Bertz CT molecular complexity index is 559. The van der Waals surface area contributed by atoms with Gasteiger partial charge in [0.25, 0.3) is 0 Å². The first kappa shape index (κ1) is 14.1. The molecule has 1 aliphatic rings. The quantitative estimate of drug-likeness (QED) is 0.852. The minimum absolute atomic E-state index is 0.0752. The van der Waals surface area contributed by atoms with Crippen LogP contribution in [-0.2, 0) is 10.0 Å². The smallest absolute Gasteiger partial charge is 0.242 e. The fourth-order valence-electron chi connectivity index (χ4n) is 1.93. The summed E-state index contributed by atoms with van der Waals surface area (Å²) in [5, 5.41) is 8.85. The third kappa shape index (κ3) is 2.68. The molecule has 0 aliphatic carbocycles. The number of nitrogens with zero attached hydrogens (tertiary/aromatic N) is 2. The third-order valence-corrected chi connectivity index (χ3v) is 5.00. The van der Waals surface area contributed by atoms with Gasteiger partial charge in [-0.05, 0) is 18.2 Å². The van der Waals surface area contributed by atoms with Crippen LogP contribution < -0.4 is 9.64 Å². The zero-order chi connectivity index (χ0) is 14.0. The highest BCUT2D eigenvalue weighted by Gasteiger charge is 2.23. The summed E-state index contributed by atoms with van der Waals surface area (Å²) in [6, 6.07) is 4.81. The first-order chi connectivity index (χ1) is 8.96. The average Bonchev–Trinajstić information content (AvgIpc) is 2.39. The molecule has 0 saturated heterocycles. The number of hydrogen-bond acceptors (Lipinski definition) is 5. The molecule has 0 radical (unpaired) electrons. The first-order valence-corrected chi connectivity index (χ1v) is 7.46. The highest BCUT2D eigenvalue weighted by Crippen LogP contribution is 2.33. The van der Waals surface area contributed by atoms with E-state index in [4.69, 9.17) is 9.84 Å². The van der Waals surface area contributed by atoms with Gasteiger partial charge in [0.1, 0.15) is 12.4 Å². The highest BCUT2D eigenvalue weighted by molar-refractivity contribution is 7.89. The summed E-state index contributed by atoms with van der Waals surface area (Å²) in [4.78, 5) is 2.17. The number of aliphatic hydroxyl groups is 1. The van der Waals surface area contributed by atoms with Gasteiger partial charge in [0.05, 0.1) is 23.7 Å². The molecule has 1 aromatic carbocycles. The third-order valence-electron chi connectivity index (χ3n) is 3.15. The standard InChI is InChI=1S/C12H18N2O4S/c1-13-6-8-18-12-4-3-10(9-11(12)13)19(16,17)14(2)5-7-15/h3-4,9,15H,5-8H2,1-2H3. The van der Waals surface area contributed by atoms with Crippen molar-refractivity contribution in [3.63, 3.8) is 0 Å². The van der Waals surface area contributed by atoms with Gasteiger partial charge in [0.15, 0.2) is 0 Å². The van der Waals surface area contributed by atoms with Gasteiger partial charge < -0.3 is 14.7 Å². The van der Waals surface area contributed by atoms with Crippen molar-refractivity contribution in [2.45, 2.75) is 4.90 Å². The van der Waals surface area contributed by atoms with Gasteiger partial charge in [0, 0.05) is 20.6 Å². The molecule has 0 saturated carbocycles. The summed E-state index contributed by atoms with van der Waals surface area (Å²) in [6.45, 7) is 1.19. The van der Waals surface area contributed by atoms with Crippen molar-refractivity contribution in [3.8, 4) is 5.75 Å². The Morgan fingerprint density at radius 1 is 1.47 bits per heavy atom. The molecule has 0 spiro atoms. The largest absolute Gasteiger partial charge is 0.490 e. The van der Waals surface area contributed by atoms with E-state index in [2.05, 4.69) is 0 Å². The molecule has 106 valence electrons. The fourth-order valence-corrected chi connectivity index (χ4v) is 3.11. The van der Waals surface area contributed by atoms with Crippen molar-refractivity contribution in [2.24, 2.45) is 0 Å². The number of aliphatic hydroxyl groups excluding tert-OH is 1. The fraction of sp³-hybridized carbons (Fsp3) is 0.500. The molecule has 0 atom stereocenters. The van der Waals surface area contributed by atoms with Gasteiger partial charge in [-0.2, -0.15) is 4.31 Å². The molecule has 2 rings (SSSR count). The molecule has 1 heterocycles. The lowest BCUT2D eigenvalue weighted by atomic mass is 10.2. The molecule has 0 unspecified atom stereocenters. The van der Waals surface area contributed by atoms with E-state index in [-0.39, 0.29) is 18.0 Å². The maximum Gasteiger partial charge on any atom is 0.242 e. The summed E-state index contributed by atoms with van der Waals surface area (Å²) >= 11 is 0. The molecule has 19 heavy (non-hydrogen) atoms. The van der Waals surface area contributed by atoms with Gasteiger partial charge in [-0.15, -0.1) is 0 Å². The number of fused-ring (bicyclic) bond motifs is 1. The molecule has 1 N–H and O–H groups in total. The van der Waals surface area contributed by atoms with Crippen LogP contribution >= 0.6 is 0 Å². The van der Waals surface area contributed by atoms with Crippen LogP contribution in [0.25, 0.3) is 0 Å². The van der Waals surface area contributed by atoms with Gasteiger partial charge in [-0.25, -0.2) is 8.42 Å². The number of benzene rings is 1. The Hall–Kier alpha value is -1.31. The van der Waals surface area contributed by atoms with Crippen LogP contribution in [0.3, 0.4) is 0 Å². The van der Waals surface area contributed by atoms with Crippen molar-refractivity contribution in [3.05, 3.63) is 18.2 Å². The van der Waals surface area contributed by atoms with Gasteiger partial charge in [-0.1, -0.05) is 0 Å². The summed E-state index contributed by atoms with van der Waals surface area (Å²) in [5.41, 5.74) is 0.768. The zero-order valence-corrected chi connectivity index (χ0v) is 11.9. The van der Waals surface area contributed by atoms with Crippen LogP contribution in [0.4, 0.5) is 5.69 Å². The van der Waals surface area contributed by atoms with Crippen molar-refractivity contribution in [1.29, 1.82) is 0 Å². The lowest BCUT2D eigenvalue weighted by Crippen LogP contribution is -2.31. The van der Waals surface area contributed by atoms with E-state index >= 15 is 0 Å². The zero-order valence-electron chi connectivity index (χ0n) is 11.0. The molecule has 0 bridgehead atoms. The topological polar surface area (TPSA) is 70.1 Å². The lowest BCUT2D eigenvalue weighted by molar-refractivity contribution is 0.266. The van der Waals surface area contributed by atoms with E-state index in [1.807, 2.05) is 11.9 Å². The van der Waals surface area contributed by atoms with Crippen molar-refractivity contribution >= 4 is 15.7 Å². The molecular formula is C12H18N2O4S. The Labute approximate surface area is 113 Å². The SMILES string of the molecule is CN1CCOc2ccc(S(=O)(=O)N(C)CCO)cc21. The number of likely N-dealkylation sites (N-methyl/N-ethyl adjacent to an activating group) is 2. The number of anilines is 1. The monoisotopic (exact) mass is 286 g/mol. The number of hydrogen-bond donors (Lipinski definition) is 1. The summed E-state index contributed by atoms with van der Waals surface area (Å²) < 4.78 is 31.2. The van der Waals surface area contributed by atoms with E-state index in [1.54, 1.807) is 12.1 Å². The molecule has 1 aromatic rings. The van der Waals surface area contributed by atoms with Crippen LogP contribution in [0.5, 0.6) is 5.75 Å². The van der Waals surface area contributed by atoms with E-state index in [1.165, 1.54) is 13.1 Å². The Kier molecular flexibility index (Phi) is 3.98. The van der Waals surface area contributed by atoms with Crippen LogP contribution in [0.2, 0.25) is 0 Å². The van der Waals surface area contributed by atoms with E-state index in [0.29, 0.717) is 12.4 Å². The minimum atomic E-state index is -3.57. The van der Waals surface area contributed by atoms with Crippen molar-refractivity contribution in [1.82, 2.24) is 4.31 Å². The molecule has 6 nitrogen and oxygen atoms in total. The number of rotatable bonds is 4. The molecule has 0 fully saturated rings. The van der Waals surface area contributed by atoms with Crippen molar-refractivity contribution in [2.75, 3.05) is 45.3 Å². The Balaban J connectivity index is 2.39. The normalized spacial score (nSPS) is 15.3. The van der Waals surface area contributed by atoms with Gasteiger partial charge >= 0.3 is 0 Å². The minimum Gasteiger partial charge on any atom is -0.490 e. The van der Waals surface area contributed by atoms with Gasteiger partial charge in [0.2, 0.25) is 10.0 Å². The predicted molar refractivity (Wildman–Crippen MR) is 72.1 cm³/mol. The second-order valence-electron chi connectivity index (χ2n) is 4.45. The molecule has 7 heteroatoms. The number of sulfonamides is 1. The second kappa shape index (κ2) is 5.36. The van der Waals surface area contributed by atoms with Crippen LogP contribution in [0.15, 0.2) is 23.1 Å².